The highest BCUT2D eigenvalue weighted by Crippen LogP contribution is 2.26. The number of benzene rings is 1. The number of hydrogen-bond acceptors (Lipinski definition) is 3. The van der Waals surface area contributed by atoms with Crippen molar-refractivity contribution in [3.05, 3.63) is 29.8 Å². The minimum absolute atomic E-state index is 0.106. The van der Waals surface area contributed by atoms with E-state index >= 15 is 0 Å². The van der Waals surface area contributed by atoms with Gasteiger partial charge in [0.1, 0.15) is 0 Å². The van der Waals surface area contributed by atoms with Gasteiger partial charge in [0.05, 0.1) is 6.26 Å². The van der Waals surface area contributed by atoms with Gasteiger partial charge in [-0.2, -0.15) is 8.78 Å². The number of hydrogen-bond donors (Lipinski definition) is 2. The van der Waals surface area contributed by atoms with Gasteiger partial charge in [-0.3, -0.25) is 10.0 Å². The smallest absolute Gasteiger partial charge is 0.284 e. The van der Waals surface area contributed by atoms with Gasteiger partial charge >= 0.3 is 6.05 Å². The van der Waals surface area contributed by atoms with Crippen molar-refractivity contribution in [2.45, 2.75) is 6.05 Å². The highest BCUT2D eigenvalue weighted by molar-refractivity contribution is 7.92. The van der Waals surface area contributed by atoms with Crippen molar-refractivity contribution in [1.82, 2.24) is 5.32 Å². The number of sulfonamides is 1. The Morgan fingerprint density at radius 1 is 1.31 bits per heavy atom. The van der Waals surface area contributed by atoms with Crippen LogP contribution in [-0.2, 0) is 16.1 Å². The molecule has 0 aromatic heterocycles. The second kappa shape index (κ2) is 4.34. The summed E-state index contributed by atoms with van der Waals surface area (Å²) in [4.78, 5) is 0. The fourth-order valence-electron chi connectivity index (χ4n) is 1.14. The van der Waals surface area contributed by atoms with Crippen molar-refractivity contribution in [2.75, 3.05) is 18.0 Å². The average molecular weight is 250 g/mol. The molecule has 1 rings (SSSR count). The molecule has 4 nitrogen and oxygen atoms in total. The quantitative estimate of drug-likeness (QED) is 0.792. The van der Waals surface area contributed by atoms with Crippen molar-refractivity contribution >= 4 is 15.7 Å². The van der Waals surface area contributed by atoms with E-state index in [2.05, 4.69) is 4.72 Å². The topological polar surface area (TPSA) is 58.2 Å². The van der Waals surface area contributed by atoms with Gasteiger partial charge in [0, 0.05) is 11.3 Å². The number of anilines is 1. The zero-order chi connectivity index (χ0) is 12.4. The second-order valence-electron chi connectivity index (χ2n) is 3.28. The molecular formula is C9H12F2N2O2S. The highest BCUT2D eigenvalue weighted by Gasteiger charge is 2.29. The number of halogens is 2. The molecule has 0 unspecified atom stereocenters. The van der Waals surface area contributed by atoms with Crippen LogP contribution in [-0.4, -0.2) is 21.7 Å². The van der Waals surface area contributed by atoms with Gasteiger partial charge in [-0.05, 0) is 19.2 Å². The van der Waals surface area contributed by atoms with Gasteiger partial charge < -0.3 is 0 Å². The number of rotatable bonds is 4. The fraction of sp³-hybridized carbons (Fsp3) is 0.333. The molecule has 0 spiro atoms. The van der Waals surface area contributed by atoms with E-state index in [0.29, 0.717) is 0 Å². The van der Waals surface area contributed by atoms with Crippen molar-refractivity contribution in [3.63, 3.8) is 0 Å². The van der Waals surface area contributed by atoms with Crippen LogP contribution in [0.5, 0.6) is 0 Å². The summed E-state index contributed by atoms with van der Waals surface area (Å²) in [6, 6.07) is 1.86. The third-order valence-corrected chi connectivity index (χ3v) is 2.45. The molecule has 0 fully saturated rings. The normalized spacial score (nSPS) is 12.5. The standard InChI is InChI=1S/C9H12F2N2O2S/c1-12-9(10,11)7-4-3-5-8(6-7)13-16(2,14)15/h3-6,12-13H,1-2H3. The fourth-order valence-corrected chi connectivity index (χ4v) is 1.69. The van der Waals surface area contributed by atoms with Crippen molar-refractivity contribution in [1.29, 1.82) is 0 Å². The Balaban J connectivity index is 3.05. The Morgan fingerprint density at radius 3 is 2.44 bits per heavy atom. The molecule has 0 saturated carbocycles. The molecule has 0 radical (unpaired) electrons. The molecule has 2 N–H and O–H groups in total. The van der Waals surface area contributed by atoms with Gasteiger partial charge in [0.2, 0.25) is 10.0 Å². The molecule has 0 bridgehead atoms. The summed E-state index contributed by atoms with van der Waals surface area (Å²) < 4.78 is 50.4. The van der Waals surface area contributed by atoms with Crippen LogP contribution >= 0.6 is 0 Å². The molecule has 0 aliphatic carbocycles. The first-order chi connectivity index (χ1) is 7.24. The zero-order valence-electron chi connectivity index (χ0n) is 8.79. The Bertz CT molecular complexity index is 474. The molecular weight excluding hydrogens is 238 g/mol. The van der Waals surface area contributed by atoms with E-state index in [1.54, 1.807) is 0 Å². The lowest BCUT2D eigenvalue weighted by Crippen LogP contribution is -2.30. The summed E-state index contributed by atoms with van der Waals surface area (Å²) in [5, 5.41) is 1.84. The molecule has 0 aliphatic rings. The van der Waals surface area contributed by atoms with Crippen LogP contribution in [0, 0.1) is 0 Å². The maximum Gasteiger partial charge on any atom is 0.329 e. The average Bonchev–Trinajstić information content (AvgIpc) is 2.15. The monoisotopic (exact) mass is 250 g/mol. The maximum atomic E-state index is 13.2. The van der Waals surface area contributed by atoms with E-state index in [9.17, 15) is 17.2 Å². The maximum absolute atomic E-state index is 13.2. The molecule has 90 valence electrons. The molecule has 0 saturated heterocycles. The van der Waals surface area contributed by atoms with Crippen molar-refractivity contribution in [2.24, 2.45) is 0 Å². The van der Waals surface area contributed by atoms with Crippen LogP contribution in [0.2, 0.25) is 0 Å². The zero-order valence-corrected chi connectivity index (χ0v) is 9.61. The first-order valence-electron chi connectivity index (χ1n) is 4.40. The van der Waals surface area contributed by atoms with E-state index in [1.807, 2.05) is 5.32 Å². The van der Waals surface area contributed by atoms with E-state index in [0.717, 1.165) is 19.4 Å². The largest absolute Gasteiger partial charge is 0.329 e. The molecule has 0 heterocycles. The van der Waals surface area contributed by atoms with Crippen LogP contribution in [0.15, 0.2) is 24.3 Å². The minimum atomic E-state index is -3.46. The van der Waals surface area contributed by atoms with Gasteiger partial charge in [-0.15, -0.1) is 0 Å². The van der Waals surface area contributed by atoms with E-state index in [4.69, 9.17) is 0 Å². The van der Waals surface area contributed by atoms with Crippen LogP contribution in [0.1, 0.15) is 5.56 Å². The number of alkyl halides is 2. The van der Waals surface area contributed by atoms with Crippen molar-refractivity contribution < 1.29 is 17.2 Å². The summed E-state index contributed by atoms with van der Waals surface area (Å²) in [5.74, 6) is 0. The Morgan fingerprint density at radius 2 is 1.94 bits per heavy atom. The summed E-state index contributed by atoms with van der Waals surface area (Å²) in [7, 11) is -2.34. The van der Waals surface area contributed by atoms with Gasteiger partial charge in [-0.25, -0.2) is 8.42 Å². The molecule has 0 amide bonds. The summed E-state index contributed by atoms with van der Waals surface area (Å²) in [5.41, 5.74) is -0.196. The SMILES string of the molecule is CNC(F)(F)c1cccc(NS(C)(=O)=O)c1. The Hall–Kier alpha value is -1.21. The first kappa shape index (κ1) is 12.9. The Labute approximate surface area is 92.7 Å². The van der Waals surface area contributed by atoms with E-state index in [-0.39, 0.29) is 11.3 Å². The predicted octanol–water partition coefficient (Wildman–Crippen LogP) is 1.33. The van der Waals surface area contributed by atoms with Gasteiger partial charge in [0.15, 0.2) is 0 Å². The summed E-state index contributed by atoms with van der Waals surface area (Å²) >= 11 is 0. The third-order valence-electron chi connectivity index (χ3n) is 1.84. The molecule has 0 atom stereocenters. The van der Waals surface area contributed by atoms with E-state index < -0.39 is 16.1 Å². The van der Waals surface area contributed by atoms with Gasteiger partial charge in [0.25, 0.3) is 0 Å². The lowest BCUT2D eigenvalue weighted by molar-refractivity contribution is -0.0335. The second-order valence-corrected chi connectivity index (χ2v) is 5.03. The minimum Gasteiger partial charge on any atom is -0.284 e. The first-order valence-corrected chi connectivity index (χ1v) is 6.29. The van der Waals surface area contributed by atoms with E-state index in [1.165, 1.54) is 18.2 Å². The van der Waals surface area contributed by atoms with Crippen LogP contribution in [0.25, 0.3) is 0 Å². The van der Waals surface area contributed by atoms with Crippen LogP contribution < -0.4 is 10.0 Å². The molecule has 1 aromatic carbocycles. The Kier molecular flexibility index (Phi) is 3.49. The lowest BCUT2D eigenvalue weighted by atomic mass is 10.1. The summed E-state index contributed by atoms with van der Waals surface area (Å²) in [6.45, 7) is 0. The predicted molar refractivity (Wildman–Crippen MR) is 57.9 cm³/mol. The molecule has 0 aliphatic heterocycles. The van der Waals surface area contributed by atoms with Crippen LogP contribution in [0.4, 0.5) is 14.5 Å². The molecule has 16 heavy (non-hydrogen) atoms. The summed E-state index contributed by atoms with van der Waals surface area (Å²) in [6.07, 6.45) is 0.954. The molecule has 1 aromatic rings. The lowest BCUT2D eigenvalue weighted by Gasteiger charge is -2.16. The number of nitrogens with one attached hydrogen (secondary N) is 2. The third kappa shape index (κ3) is 3.42. The molecule has 7 heteroatoms. The van der Waals surface area contributed by atoms with Crippen LogP contribution in [0.3, 0.4) is 0 Å². The van der Waals surface area contributed by atoms with Gasteiger partial charge in [-0.1, -0.05) is 12.1 Å². The highest BCUT2D eigenvalue weighted by atomic mass is 32.2. The van der Waals surface area contributed by atoms with Crippen molar-refractivity contribution in [3.8, 4) is 0 Å².